The quantitative estimate of drug-likeness (QED) is 0.713. The summed E-state index contributed by atoms with van der Waals surface area (Å²) < 4.78 is 5.41. The van der Waals surface area contributed by atoms with Crippen LogP contribution in [0.4, 0.5) is 0 Å². The van der Waals surface area contributed by atoms with Crippen molar-refractivity contribution in [2.45, 2.75) is 45.4 Å². The van der Waals surface area contributed by atoms with E-state index >= 15 is 0 Å². The highest BCUT2D eigenvalue weighted by Gasteiger charge is 2.29. The number of ether oxygens (including phenoxy) is 1. The largest absolute Gasteiger partial charge is 0.394 e. The highest BCUT2D eigenvalue weighted by molar-refractivity contribution is 5.77. The Bertz CT molecular complexity index is 248. The molecular weight excluding hydrogens is 220 g/mol. The van der Waals surface area contributed by atoms with Crippen molar-refractivity contribution in [3.63, 3.8) is 0 Å². The number of carbonyl (C=O) groups excluding carboxylic acids is 1. The molecule has 0 aromatic carbocycles. The van der Waals surface area contributed by atoms with Gasteiger partial charge in [0.15, 0.2) is 0 Å². The van der Waals surface area contributed by atoms with Crippen LogP contribution in [0, 0.1) is 0 Å². The minimum absolute atomic E-state index is 0.0285. The van der Waals surface area contributed by atoms with Gasteiger partial charge in [0.05, 0.1) is 25.4 Å². The molecule has 1 saturated heterocycles. The van der Waals surface area contributed by atoms with E-state index in [-0.39, 0.29) is 30.7 Å². The summed E-state index contributed by atoms with van der Waals surface area (Å²) in [5.41, 5.74) is 0. The second kappa shape index (κ2) is 6.93. The lowest BCUT2D eigenvalue weighted by molar-refractivity contribution is -0.146. The van der Waals surface area contributed by atoms with Gasteiger partial charge in [-0.2, -0.15) is 0 Å². The molecule has 1 heterocycles. The van der Waals surface area contributed by atoms with Crippen molar-refractivity contribution >= 4 is 5.91 Å². The first-order valence-corrected chi connectivity index (χ1v) is 6.33. The summed E-state index contributed by atoms with van der Waals surface area (Å²) in [7, 11) is 0. The van der Waals surface area contributed by atoms with Gasteiger partial charge in [-0.3, -0.25) is 4.79 Å². The second-order valence-corrected chi connectivity index (χ2v) is 4.70. The number of aliphatic hydroxyl groups excluding tert-OH is 1. The zero-order chi connectivity index (χ0) is 12.8. The summed E-state index contributed by atoms with van der Waals surface area (Å²) in [6.07, 6.45) is 0.264. The fourth-order valence-electron chi connectivity index (χ4n) is 2.08. The van der Waals surface area contributed by atoms with Gasteiger partial charge in [-0.05, 0) is 20.4 Å². The van der Waals surface area contributed by atoms with Gasteiger partial charge in [-0.25, -0.2) is 0 Å². The standard InChI is InChI=1S/C12H24N2O3/c1-4-13-9(2)5-12(16)14-6-11(7-15)17-8-10(14)3/h9-11,13,15H,4-8H2,1-3H3. The maximum atomic E-state index is 12.1. The van der Waals surface area contributed by atoms with Crippen LogP contribution in [-0.2, 0) is 9.53 Å². The number of nitrogens with zero attached hydrogens (tertiary/aromatic N) is 1. The minimum Gasteiger partial charge on any atom is -0.394 e. The van der Waals surface area contributed by atoms with Crippen LogP contribution in [0.15, 0.2) is 0 Å². The number of nitrogens with one attached hydrogen (secondary N) is 1. The van der Waals surface area contributed by atoms with Gasteiger partial charge in [0.1, 0.15) is 0 Å². The van der Waals surface area contributed by atoms with Crippen molar-refractivity contribution in [2.75, 3.05) is 26.3 Å². The highest BCUT2D eigenvalue weighted by atomic mass is 16.5. The predicted molar refractivity (Wildman–Crippen MR) is 65.8 cm³/mol. The van der Waals surface area contributed by atoms with Crippen molar-refractivity contribution in [1.82, 2.24) is 10.2 Å². The molecule has 0 aromatic rings. The van der Waals surface area contributed by atoms with Gasteiger partial charge in [0.25, 0.3) is 0 Å². The first-order valence-electron chi connectivity index (χ1n) is 6.33. The monoisotopic (exact) mass is 244 g/mol. The third-order valence-corrected chi connectivity index (χ3v) is 3.06. The first-order chi connectivity index (χ1) is 8.08. The smallest absolute Gasteiger partial charge is 0.224 e. The summed E-state index contributed by atoms with van der Waals surface area (Å²) in [5, 5.41) is 12.3. The van der Waals surface area contributed by atoms with Crippen molar-refractivity contribution in [3.05, 3.63) is 0 Å². The van der Waals surface area contributed by atoms with Gasteiger partial charge in [0.2, 0.25) is 5.91 Å². The maximum absolute atomic E-state index is 12.1. The van der Waals surface area contributed by atoms with Crippen LogP contribution in [0.5, 0.6) is 0 Å². The summed E-state index contributed by atoms with van der Waals surface area (Å²) in [5.74, 6) is 0.132. The van der Waals surface area contributed by atoms with E-state index in [0.29, 0.717) is 19.6 Å². The minimum atomic E-state index is -0.232. The van der Waals surface area contributed by atoms with E-state index in [1.54, 1.807) is 0 Å². The Morgan fingerprint density at radius 2 is 2.35 bits per heavy atom. The Morgan fingerprint density at radius 3 is 2.94 bits per heavy atom. The molecule has 0 spiro atoms. The number of amides is 1. The van der Waals surface area contributed by atoms with Crippen LogP contribution in [0.1, 0.15) is 27.2 Å². The summed E-state index contributed by atoms with van der Waals surface area (Å²) >= 11 is 0. The Labute approximate surface area is 103 Å². The average molecular weight is 244 g/mol. The number of hydrogen-bond donors (Lipinski definition) is 2. The Hall–Kier alpha value is -0.650. The molecule has 0 saturated carbocycles. The van der Waals surface area contributed by atoms with Gasteiger partial charge in [-0.1, -0.05) is 6.92 Å². The summed E-state index contributed by atoms with van der Waals surface area (Å²) in [4.78, 5) is 13.9. The number of hydrogen-bond acceptors (Lipinski definition) is 4. The lowest BCUT2D eigenvalue weighted by Gasteiger charge is -2.38. The van der Waals surface area contributed by atoms with E-state index < -0.39 is 0 Å². The molecule has 0 bridgehead atoms. The van der Waals surface area contributed by atoms with Crippen LogP contribution in [0.2, 0.25) is 0 Å². The first kappa shape index (κ1) is 14.4. The topological polar surface area (TPSA) is 61.8 Å². The molecule has 100 valence electrons. The van der Waals surface area contributed by atoms with E-state index in [4.69, 9.17) is 9.84 Å². The number of carbonyl (C=O) groups is 1. The van der Waals surface area contributed by atoms with Crippen molar-refractivity contribution in [3.8, 4) is 0 Å². The second-order valence-electron chi connectivity index (χ2n) is 4.70. The molecular formula is C12H24N2O3. The average Bonchev–Trinajstić information content (AvgIpc) is 2.29. The molecule has 0 aromatic heterocycles. The zero-order valence-corrected chi connectivity index (χ0v) is 11.0. The van der Waals surface area contributed by atoms with Gasteiger partial charge in [0, 0.05) is 19.0 Å². The maximum Gasteiger partial charge on any atom is 0.224 e. The number of rotatable bonds is 5. The predicted octanol–water partition coefficient (Wildman–Crippen LogP) is -0.0173. The fourth-order valence-corrected chi connectivity index (χ4v) is 2.08. The molecule has 0 radical (unpaired) electrons. The van der Waals surface area contributed by atoms with Gasteiger partial charge >= 0.3 is 0 Å². The molecule has 0 aliphatic carbocycles. The van der Waals surface area contributed by atoms with Crippen LogP contribution < -0.4 is 5.32 Å². The van der Waals surface area contributed by atoms with E-state index in [0.717, 1.165) is 6.54 Å². The Balaban J connectivity index is 2.48. The number of morpholine rings is 1. The Morgan fingerprint density at radius 1 is 1.65 bits per heavy atom. The molecule has 1 aliphatic heterocycles. The van der Waals surface area contributed by atoms with E-state index in [9.17, 15) is 4.79 Å². The zero-order valence-electron chi connectivity index (χ0n) is 11.0. The molecule has 1 aliphatic rings. The van der Waals surface area contributed by atoms with E-state index in [1.807, 2.05) is 25.7 Å². The molecule has 2 N–H and O–H groups in total. The lowest BCUT2D eigenvalue weighted by atomic mass is 10.1. The van der Waals surface area contributed by atoms with Crippen LogP contribution >= 0.6 is 0 Å². The summed E-state index contributed by atoms with van der Waals surface area (Å²) in [6.45, 7) is 7.85. The fraction of sp³-hybridized carbons (Fsp3) is 0.917. The molecule has 5 nitrogen and oxygen atoms in total. The third kappa shape index (κ3) is 4.26. The number of aliphatic hydroxyl groups is 1. The van der Waals surface area contributed by atoms with Gasteiger partial charge in [-0.15, -0.1) is 0 Å². The molecule has 1 amide bonds. The highest BCUT2D eigenvalue weighted by Crippen LogP contribution is 2.13. The molecule has 17 heavy (non-hydrogen) atoms. The van der Waals surface area contributed by atoms with Crippen molar-refractivity contribution < 1.29 is 14.6 Å². The molecule has 3 unspecified atom stereocenters. The SMILES string of the molecule is CCNC(C)CC(=O)N1CC(CO)OCC1C. The normalized spacial score (nSPS) is 26.9. The Kier molecular flexibility index (Phi) is 5.88. The van der Waals surface area contributed by atoms with Crippen molar-refractivity contribution in [1.29, 1.82) is 0 Å². The summed E-state index contributed by atoms with van der Waals surface area (Å²) in [6, 6.07) is 0.286. The molecule has 1 rings (SSSR count). The van der Waals surface area contributed by atoms with Crippen molar-refractivity contribution in [2.24, 2.45) is 0 Å². The van der Waals surface area contributed by atoms with E-state index in [1.165, 1.54) is 0 Å². The van der Waals surface area contributed by atoms with Crippen LogP contribution in [0.25, 0.3) is 0 Å². The third-order valence-electron chi connectivity index (χ3n) is 3.06. The lowest BCUT2D eigenvalue weighted by Crippen LogP contribution is -2.52. The molecule has 5 heteroatoms. The van der Waals surface area contributed by atoms with Crippen LogP contribution in [0.3, 0.4) is 0 Å². The molecule has 1 fully saturated rings. The molecule has 3 atom stereocenters. The van der Waals surface area contributed by atoms with Gasteiger partial charge < -0.3 is 20.1 Å². The van der Waals surface area contributed by atoms with E-state index in [2.05, 4.69) is 5.32 Å². The van der Waals surface area contributed by atoms with Crippen LogP contribution in [-0.4, -0.2) is 60.4 Å².